The summed E-state index contributed by atoms with van der Waals surface area (Å²) in [6.45, 7) is 3.20. The number of hydrogen-bond donors (Lipinski definition) is 0. The molecule has 26 heavy (non-hydrogen) atoms. The van der Waals surface area contributed by atoms with E-state index in [9.17, 15) is 9.18 Å². The molecule has 1 fully saturated rings. The van der Waals surface area contributed by atoms with E-state index in [2.05, 4.69) is 20.8 Å². The lowest BCUT2D eigenvalue weighted by Gasteiger charge is -2.35. The van der Waals surface area contributed by atoms with Crippen molar-refractivity contribution in [2.45, 2.75) is 6.54 Å². The molecule has 0 radical (unpaired) electrons. The molecule has 2 aromatic carbocycles. The number of ether oxygens (including phenoxy) is 1. The maximum Gasteiger partial charge on any atom is 0.256 e. The standard InChI is InChI=1S/C19H19BrClFN2O2/c1-26-18-5-3-15(21)10-13(18)12-23-6-8-24(9-7-23)19(25)16-11-14(20)2-4-17(16)22/h2-5,10-11H,6-9,12H2,1H3. The summed E-state index contributed by atoms with van der Waals surface area (Å²) in [7, 11) is 1.63. The molecule has 1 aliphatic heterocycles. The van der Waals surface area contributed by atoms with Gasteiger partial charge in [0.25, 0.3) is 5.91 Å². The second-order valence-corrected chi connectivity index (χ2v) is 7.50. The summed E-state index contributed by atoms with van der Waals surface area (Å²) in [5.41, 5.74) is 1.11. The number of hydrogen-bond acceptors (Lipinski definition) is 3. The summed E-state index contributed by atoms with van der Waals surface area (Å²) < 4.78 is 20.0. The molecule has 4 nitrogen and oxygen atoms in total. The van der Waals surface area contributed by atoms with Crippen molar-refractivity contribution < 1.29 is 13.9 Å². The second kappa shape index (κ2) is 8.37. The van der Waals surface area contributed by atoms with Crippen LogP contribution in [0, 0.1) is 5.82 Å². The quantitative estimate of drug-likeness (QED) is 0.713. The monoisotopic (exact) mass is 440 g/mol. The largest absolute Gasteiger partial charge is 0.496 e. The van der Waals surface area contributed by atoms with Gasteiger partial charge in [0.2, 0.25) is 0 Å². The number of amides is 1. The van der Waals surface area contributed by atoms with Crippen LogP contribution >= 0.6 is 27.5 Å². The summed E-state index contributed by atoms with van der Waals surface area (Å²) in [4.78, 5) is 16.5. The second-order valence-electron chi connectivity index (χ2n) is 6.15. The molecule has 138 valence electrons. The Kier molecular flexibility index (Phi) is 6.16. The molecule has 1 heterocycles. The van der Waals surface area contributed by atoms with E-state index in [4.69, 9.17) is 16.3 Å². The van der Waals surface area contributed by atoms with Gasteiger partial charge in [-0.25, -0.2) is 4.39 Å². The Labute approximate surface area is 165 Å². The molecule has 3 rings (SSSR count). The van der Waals surface area contributed by atoms with Crippen molar-refractivity contribution in [2.24, 2.45) is 0 Å². The van der Waals surface area contributed by atoms with Crippen molar-refractivity contribution in [1.82, 2.24) is 9.80 Å². The highest BCUT2D eigenvalue weighted by molar-refractivity contribution is 9.10. The smallest absolute Gasteiger partial charge is 0.256 e. The van der Waals surface area contributed by atoms with Crippen LogP contribution in [0.1, 0.15) is 15.9 Å². The Morgan fingerprint density at radius 1 is 1.19 bits per heavy atom. The minimum Gasteiger partial charge on any atom is -0.496 e. The number of rotatable bonds is 4. The van der Waals surface area contributed by atoms with Crippen LogP contribution in [0.5, 0.6) is 5.75 Å². The van der Waals surface area contributed by atoms with Crippen molar-refractivity contribution in [3.05, 3.63) is 62.8 Å². The van der Waals surface area contributed by atoms with Gasteiger partial charge in [0.05, 0.1) is 12.7 Å². The van der Waals surface area contributed by atoms with Gasteiger partial charge in [-0.15, -0.1) is 0 Å². The van der Waals surface area contributed by atoms with Gasteiger partial charge < -0.3 is 9.64 Å². The number of nitrogens with zero attached hydrogens (tertiary/aromatic N) is 2. The highest BCUT2D eigenvalue weighted by Crippen LogP contribution is 2.25. The molecule has 1 amide bonds. The van der Waals surface area contributed by atoms with Gasteiger partial charge in [-0.1, -0.05) is 27.5 Å². The Morgan fingerprint density at radius 3 is 2.62 bits per heavy atom. The fourth-order valence-electron chi connectivity index (χ4n) is 3.05. The molecule has 0 bridgehead atoms. The van der Waals surface area contributed by atoms with E-state index in [1.54, 1.807) is 24.1 Å². The van der Waals surface area contributed by atoms with E-state index in [1.165, 1.54) is 12.1 Å². The van der Waals surface area contributed by atoms with Crippen molar-refractivity contribution in [1.29, 1.82) is 0 Å². The first-order chi connectivity index (χ1) is 12.5. The molecule has 0 N–H and O–H groups in total. The fourth-order valence-corrected chi connectivity index (χ4v) is 3.61. The lowest BCUT2D eigenvalue weighted by atomic mass is 10.1. The van der Waals surface area contributed by atoms with Gasteiger partial charge >= 0.3 is 0 Å². The maximum atomic E-state index is 14.0. The lowest BCUT2D eigenvalue weighted by molar-refractivity contribution is 0.0623. The average molecular weight is 442 g/mol. The van der Waals surface area contributed by atoms with Gasteiger partial charge in [-0.2, -0.15) is 0 Å². The third-order valence-electron chi connectivity index (χ3n) is 4.45. The van der Waals surface area contributed by atoms with Crippen LogP contribution in [0.4, 0.5) is 4.39 Å². The third-order valence-corrected chi connectivity index (χ3v) is 5.18. The molecule has 1 saturated heterocycles. The number of halogens is 3. The SMILES string of the molecule is COc1ccc(Cl)cc1CN1CCN(C(=O)c2cc(Br)ccc2F)CC1. The van der Waals surface area contributed by atoms with Crippen molar-refractivity contribution >= 4 is 33.4 Å². The van der Waals surface area contributed by atoms with Crippen LogP contribution in [0.3, 0.4) is 0 Å². The molecule has 0 atom stereocenters. The molecule has 0 saturated carbocycles. The average Bonchev–Trinajstić information content (AvgIpc) is 2.64. The third kappa shape index (κ3) is 4.37. The summed E-state index contributed by atoms with van der Waals surface area (Å²) in [6.07, 6.45) is 0. The van der Waals surface area contributed by atoms with Gasteiger partial charge in [-0.3, -0.25) is 9.69 Å². The van der Waals surface area contributed by atoms with Crippen LogP contribution in [0.15, 0.2) is 40.9 Å². The Bertz CT molecular complexity index is 810. The van der Waals surface area contributed by atoms with E-state index < -0.39 is 5.82 Å². The van der Waals surface area contributed by atoms with Gasteiger partial charge in [0.15, 0.2) is 0 Å². The van der Waals surface area contributed by atoms with Crippen LogP contribution in [0.25, 0.3) is 0 Å². The summed E-state index contributed by atoms with van der Waals surface area (Å²) in [5.74, 6) is 0.0252. The normalized spacial score (nSPS) is 15.2. The summed E-state index contributed by atoms with van der Waals surface area (Å²) in [5, 5.41) is 0.666. The van der Waals surface area contributed by atoms with Gasteiger partial charge in [0, 0.05) is 47.8 Å². The molecule has 0 spiro atoms. The van der Waals surface area contributed by atoms with Crippen LogP contribution < -0.4 is 4.74 Å². The minimum absolute atomic E-state index is 0.101. The Balaban J connectivity index is 1.63. The van der Waals surface area contributed by atoms with E-state index in [-0.39, 0.29) is 11.5 Å². The number of methoxy groups -OCH3 is 1. The molecule has 0 aromatic heterocycles. The fraction of sp³-hybridized carbons (Fsp3) is 0.316. The van der Waals surface area contributed by atoms with Crippen LogP contribution in [-0.2, 0) is 6.54 Å². The highest BCUT2D eigenvalue weighted by atomic mass is 79.9. The van der Waals surface area contributed by atoms with Crippen LogP contribution in [0.2, 0.25) is 5.02 Å². The zero-order valence-corrected chi connectivity index (χ0v) is 16.7. The summed E-state index contributed by atoms with van der Waals surface area (Å²) >= 11 is 9.37. The predicted molar refractivity (Wildman–Crippen MR) is 103 cm³/mol. The number of carbonyl (C=O) groups is 1. The minimum atomic E-state index is -0.496. The van der Waals surface area contributed by atoms with Gasteiger partial charge in [0.1, 0.15) is 11.6 Å². The maximum absolute atomic E-state index is 14.0. The molecule has 1 aliphatic rings. The number of piperazine rings is 1. The molecular weight excluding hydrogens is 423 g/mol. The van der Waals surface area contributed by atoms with Crippen molar-refractivity contribution in [3.63, 3.8) is 0 Å². The zero-order valence-electron chi connectivity index (χ0n) is 14.3. The highest BCUT2D eigenvalue weighted by Gasteiger charge is 2.24. The Hall–Kier alpha value is -1.63. The van der Waals surface area contributed by atoms with Crippen molar-refractivity contribution in [3.8, 4) is 5.75 Å². The number of carbonyl (C=O) groups excluding carboxylic acids is 1. The lowest BCUT2D eigenvalue weighted by Crippen LogP contribution is -2.48. The summed E-state index contributed by atoms with van der Waals surface area (Å²) in [6, 6.07) is 9.97. The predicted octanol–water partition coefficient (Wildman–Crippen LogP) is 4.21. The van der Waals surface area contributed by atoms with E-state index in [0.717, 1.165) is 11.3 Å². The van der Waals surface area contributed by atoms with Crippen molar-refractivity contribution in [2.75, 3.05) is 33.3 Å². The van der Waals surface area contributed by atoms with E-state index in [0.29, 0.717) is 42.2 Å². The topological polar surface area (TPSA) is 32.8 Å². The first-order valence-corrected chi connectivity index (χ1v) is 9.44. The van der Waals surface area contributed by atoms with E-state index in [1.807, 2.05) is 12.1 Å². The number of benzene rings is 2. The van der Waals surface area contributed by atoms with E-state index >= 15 is 0 Å². The first-order valence-electron chi connectivity index (χ1n) is 8.27. The molecule has 2 aromatic rings. The molecule has 0 aliphatic carbocycles. The van der Waals surface area contributed by atoms with Gasteiger partial charge in [-0.05, 0) is 36.4 Å². The molecular formula is C19H19BrClFN2O2. The molecule has 0 unspecified atom stereocenters. The molecule has 7 heteroatoms. The van der Waals surface area contributed by atoms with Crippen LogP contribution in [-0.4, -0.2) is 49.0 Å². The Morgan fingerprint density at radius 2 is 1.92 bits per heavy atom. The first kappa shape index (κ1) is 19.1. The zero-order chi connectivity index (χ0) is 18.7.